The highest BCUT2D eigenvalue weighted by atomic mass is 35.5. The maximum Gasteiger partial charge on any atom is 0.416 e. The van der Waals surface area contributed by atoms with Crippen LogP contribution in [0.2, 0.25) is 5.02 Å². The first-order valence-electron chi connectivity index (χ1n) is 8.57. The molecule has 1 aromatic heterocycles. The van der Waals surface area contributed by atoms with E-state index in [0.29, 0.717) is 21.8 Å². The van der Waals surface area contributed by atoms with E-state index >= 15 is 0 Å². The highest BCUT2D eigenvalue weighted by Gasteiger charge is 2.32. The monoisotopic (exact) mass is 419 g/mol. The van der Waals surface area contributed by atoms with Gasteiger partial charge in [-0.1, -0.05) is 23.7 Å². The number of nitrogens with zero attached hydrogens (tertiary/aromatic N) is 2. The molecular formula is C21H17ClF3N3O. The first-order chi connectivity index (χ1) is 13.6. The SMILES string of the molecule is CN(C)c1cc(C(F)(F)F)cc(-c2cccc(NC(=O)c3ccc(Cl)cc3)c2)n1. The van der Waals surface area contributed by atoms with Crippen LogP contribution >= 0.6 is 11.6 Å². The number of carbonyl (C=O) groups is 1. The van der Waals surface area contributed by atoms with E-state index in [0.717, 1.165) is 12.1 Å². The number of aromatic nitrogens is 1. The quantitative estimate of drug-likeness (QED) is 0.586. The normalized spacial score (nSPS) is 11.2. The van der Waals surface area contributed by atoms with E-state index in [1.807, 2.05) is 0 Å². The van der Waals surface area contributed by atoms with Gasteiger partial charge in [0.1, 0.15) is 5.82 Å². The van der Waals surface area contributed by atoms with Gasteiger partial charge in [0.05, 0.1) is 11.3 Å². The number of rotatable bonds is 4. The second-order valence-corrected chi connectivity index (χ2v) is 6.97. The molecule has 150 valence electrons. The molecule has 1 amide bonds. The molecule has 0 aliphatic carbocycles. The molecule has 0 saturated carbocycles. The van der Waals surface area contributed by atoms with Crippen LogP contribution in [0, 0.1) is 0 Å². The standard InChI is InChI=1S/C21H17ClF3N3O/c1-28(2)19-12-15(21(23,24)25)11-18(27-19)14-4-3-5-17(10-14)26-20(29)13-6-8-16(22)9-7-13/h3-12H,1-2H3,(H,26,29). The summed E-state index contributed by atoms with van der Waals surface area (Å²) >= 11 is 5.82. The van der Waals surface area contributed by atoms with Crippen LogP contribution in [0.25, 0.3) is 11.3 Å². The molecule has 0 radical (unpaired) electrons. The van der Waals surface area contributed by atoms with Crippen LogP contribution in [0.1, 0.15) is 15.9 Å². The van der Waals surface area contributed by atoms with Crippen LogP contribution in [0.4, 0.5) is 24.7 Å². The Morgan fingerprint density at radius 2 is 1.72 bits per heavy atom. The highest BCUT2D eigenvalue weighted by Crippen LogP contribution is 2.34. The predicted molar refractivity (Wildman–Crippen MR) is 108 cm³/mol. The van der Waals surface area contributed by atoms with Crippen LogP contribution in [0.3, 0.4) is 0 Å². The minimum Gasteiger partial charge on any atom is -0.363 e. The number of nitrogens with one attached hydrogen (secondary N) is 1. The van der Waals surface area contributed by atoms with Gasteiger partial charge in [-0.25, -0.2) is 4.98 Å². The molecule has 0 aliphatic heterocycles. The first kappa shape index (κ1) is 20.7. The zero-order valence-electron chi connectivity index (χ0n) is 15.6. The van der Waals surface area contributed by atoms with E-state index in [4.69, 9.17) is 11.6 Å². The lowest BCUT2D eigenvalue weighted by Gasteiger charge is -2.16. The molecule has 0 spiro atoms. The number of pyridine rings is 1. The van der Waals surface area contributed by atoms with Crippen LogP contribution in [0.15, 0.2) is 60.7 Å². The Morgan fingerprint density at radius 3 is 2.34 bits per heavy atom. The molecule has 0 saturated heterocycles. The Hall–Kier alpha value is -3.06. The highest BCUT2D eigenvalue weighted by molar-refractivity contribution is 6.30. The minimum atomic E-state index is -4.50. The summed E-state index contributed by atoms with van der Waals surface area (Å²) in [7, 11) is 3.24. The number of carbonyl (C=O) groups excluding carboxylic acids is 1. The minimum absolute atomic E-state index is 0.158. The van der Waals surface area contributed by atoms with Crippen LogP contribution < -0.4 is 10.2 Å². The molecule has 4 nitrogen and oxygen atoms in total. The third-order valence-corrected chi connectivity index (χ3v) is 4.37. The second-order valence-electron chi connectivity index (χ2n) is 6.53. The number of hydrogen-bond acceptors (Lipinski definition) is 3. The van der Waals surface area contributed by atoms with E-state index in [1.54, 1.807) is 62.6 Å². The van der Waals surface area contributed by atoms with Crippen molar-refractivity contribution in [3.05, 3.63) is 76.8 Å². The van der Waals surface area contributed by atoms with Crippen molar-refractivity contribution in [2.24, 2.45) is 0 Å². The van der Waals surface area contributed by atoms with Crippen molar-refractivity contribution in [2.75, 3.05) is 24.3 Å². The molecular weight excluding hydrogens is 403 g/mol. The summed E-state index contributed by atoms with van der Waals surface area (Å²) in [4.78, 5) is 18.2. The van der Waals surface area contributed by atoms with Gasteiger partial charge in [0.2, 0.25) is 0 Å². The smallest absolute Gasteiger partial charge is 0.363 e. The number of hydrogen-bond donors (Lipinski definition) is 1. The molecule has 3 aromatic rings. The summed E-state index contributed by atoms with van der Waals surface area (Å²) in [6, 6.07) is 14.9. The molecule has 1 heterocycles. The Labute approximate surface area is 170 Å². The molecule has 0 atom stereocenters. The number of amides is 1. The zero-order chi connectivity index (χ0) is 21.2. The van der Waals surface area contributed by atoms with Crippen LogP contribution in [-0.2, 0) is 6.18 Å². The second kappa shape index (κ2) is 8.13. The summed E-state index contributed by atoms with van der Waals surface area (Å²) in [6.07, 6.45) is -4.50. The molecule has 0 unspecified atom stereocenters. The molecule has 3 rings (SSSR count). The van der Waals surface area contributed by atoms with Gasteiger partial charge in [-0.15, -0.1) is 0 Å². The van der Waals surface area contributed by atoms with Gasteiger partial charge < -0.3 is 10.2 Å². The van der Waals surface area contributed by atoms with Gasteiger partial charge >= 0.3 is 6.18 Å². The van der Waals surface area contributed by atoms with Crippen molar-refractivity contribution < 1.29 is 18.0 Å². The maximum absolute atomic E-state index is 13.3. The van der Waals surface area contributed by atoms with Gasteiger partial charge in [-0.05, 0) is 48.5 Å². The summed E-state index contributed by atoms with van der Waals surface area (Å²) in [6.45, 7) is 0. The average Bonchev–Trinajstić information content (AvgIpc) is 2.67. The van der Waals surface area contributed by atoms with Gasteiger partial charge in [0.25, 0.3) is 5.91 Å². The number of halogens is 4. The molecule has 8 heteroatoms. The Morgan fingerprint density at radius 1 is 1.03 bits per heavy atom. The third-order valence-electron chi connectivity index (χ3n) is 4.12. The van der Waals surface area contributed by atoms with Crippen molar-refractivity contribution in [1.82, 2.24) is 4.98 Å². The average molecular weight is 420 g/mol. The lowest BCUT2D eigenvalue weighted by Crippen LogP contribution is -2.14. The number of alkyl halides is 3. The lowest BCUT2D eigenvalue weighted by atomic mass is 10.1. The van der Waals surface area contributed by atoms with Crippen molar-refractivity contribution in [3.8, 4) is 11.3 Å². The van der Waals surface area contributed by atoms with E-state index < -0.39 is 11.7 Å². The summed E-state index contributed by atoms with van der Waals surface area (Å²) < 4.78 is 39.8. The van der Waals surface area contributed by atoms with E-state index in [1.165, 1.54) is 4.90 Å². The van der Waals surface area contributed by atoms with E-state index in [9.17, 15) is 18.0 Å². The predicted octanol–water partition coefficient (Wildman–Crippen LogP) is 5.74. The maximum atomic E-state index is 13.3. The fourth-order valence-electron chi connectivity index (χ4n) is 2.62. The number of anilines is 2. The summed E-state index contributed by atoms with van der Waals surface area (Å²) in [5, 5.41) is 3.24. The van der Waals surface area contributed by atoms with Gasteiger partial charge in [0.15, 0.2) is 0 Å². The molecule has 0 fully saturated rings. The van der Waals surface area contributed by atoms with Gasteiger partial charge in [0, 0.05) is 35.9 Å². The van der Waals surface area contributed by atoms with Crippen molar-refractivity contribution in [2.45, 2.75) is 6.18 Å². The fourth-order valence-corrected chi connectivity index (χ4v) is 2.74. The van der Waals surface area contributed by atoms with Gasteiger partial charge in [-0.2, -0.15) is 13.2 Å². The first-order valence-corrected chi connectivity index (χ1v) is 8.95. The van der Waals surface area contributed by atoms with Gasteiger partial charge in [-0.3, -0.25) is 4.79 Å². The fraction of sp³-hybridized carbons (Fsp3) is 0.143. The van der Waals surface area contributed by atoms with Crippen molar-refractivity contribution in [1.29, 1.82) is 0 Å². The van der Waals surface area contributed by atoms with Crippen molar-refractivity contribution >= 4 is 29.0 Å². The summed E-state index contributed by atoms with van der Waals surface area (Å²) in [5.74, 6) is -0.171. The Kier molecular flexibility index (Phi) is 5.79. The third kappa shape index (κ3) is 5.06. The van der Waals surface area contributed by atoms with E-state index in [2.05, 4.69) is 10.3 Å². The van der Waals surface area contributed by atoms with Crippen LogP contribution in [-0.4, -0.2) is 25.0 Å². The Balaban J connectivity index is 1.94. The molecule has 29 heavy (non-hydrogen) atoms. The number of benzene rings is 2. The zero-order valence-corrected chi connectivity index (χ0v) is 16.3. The van der Waals surface area contributed by atoms with E-state index in [-0.39, 0.29) is 17.4 Å². The summed E-state index contributed by atoms with van der Waals surface area (Å²) in [5.41, 5.74) is 0.668. The largest absolute Gasteiger partial charge is 0.416 e. The topological polar surface area (TPSA) is 45.2 Å². The molecule has 1 N–H and O–H groups in total. The van der Waals surface area contributed by atoms with Crippen LogP contribution in [0.5, 0.6) is 0 Å². The van der Waals surface area contributed by atoms with Crippen molar-refractivity contribution in [3.63, 3.8) is 0 Å². The Bertz CT molecular complexity index is 1030. The molecule has 0 aliphatic rings. The lowest BCUT2D eigenvalue weighted by molar-refractivity contribution is -0.137. The molecule has 2 aromatic carbocycles. The molecule has 0 bridgehead atoms.